The van der Waals surface area contributed by atoms with Crippen molar-refractivity contribution in [3.63, 3.8) is 0 Å². The number of hydrogen-bond acceptors (Lipinski definition) is 8. The van der Waals surface area contributed by atoms with Crippen molar-refractivity contribution < 1.29 is 4.74 Å². The van der Waals surface area contributed by atoms with E-state index < -0.39 is 0 Å². The first-order chi connectivity index (χ1) is 9.62. The molecule has 0 saturated carbocycles. The maximum Gasteiger partial charge on any atom is 0.322 e. The number of aryl methyl sites for hydroxylation is 2. The third-order valence-electron chi connectivity index (χ3n) is 2.31. The molecule has 9 heteroatoms. The molecule has 0 bridgehead atoms. The highest BCUT2D eigenvalue weighted by Gasteiger charge is 2.11. The van der Waals surface area contributed by atoms with Gasteiger partial charge in [0.05, 0.1) is 12.3 Å². The van der Waals surface area contributed by atoms with Crippen LogP contribution in [0.2, 0.25) is 0 Å². The van der Waals surface area contributed by atoms with Crippen LogP contribution in [0.5, 0.6) is 6.01 Å². The zero-order valence-electron chi connectivity index (χ0n) is 11.6. The van der Waals surface area contributed by atoms with E-state index >= 15 is 0 Å². The van der Waals surface area contributed by atoms with Gasteiger partial charge in [0.25, 0.3) is 0 Å². The second-order valence-electron chi connectivity index (χ2n) is 4.07. The first-order valence-electron chi connectivity index (χ1n) is 6.16. The molecular formula is C11H17N7OS. The van der Waals surface area contributed by atoms with Crippen LogP contribution in [0.15, 0.2) is 16.2 Å². The van der Waals surface area contributed by atoms with Gasteiger partial charge in [-0.15, -0.1) is 0 Å². The summed E-state index contributed by atoms with van der Waals surface area (Å²) in [6.45, 7) is 4.49. The molecule has 2 rings (SSSR count). The van der Waals surface area contributed by atoms with Crippen molar-refractivity contribution in [3.8, 4) is 6.01 Å². The second kappa shape index (κ2) is 6.53. The molecule has 2 heterocycles. The Labute approximate surface area is 121 Å². The number of aromatic nitrogens is 5. The van der Waals surface area contributed by atoms with Crippen molar-refractivity contribution in [2.75, 3.05) is 12.0 Å². The summed E-state index contributed by atoms with van der Waals surface area (Å²) in [6, 6.07) is 2.22. The van der Waals surface area contributed by atoms with Crippen molar-refractivity contribution in [2.45, 2.75) is 30.5 Å². The standard InChI is InChI=1S/C11H17N7OS/c1-4-5-19-10-13-9(16-12)14-11(15-10)20-8-6-7(2)17-18(8)3/h6H,4-5,12H2,1-3H3,(H,13,14,15,16). The summed E-state index contributed by atoms with van der Waals surface area (Å²) >= 11 is 1.37. The minimum Gasteiger partial charge on any atom is -0.463 e. The molecule has 0 radical (unpaired) electrons. The monoisotopic (exact) mass is 295 g/mol. The minimum absolute atomic E-state index is 0.260. The summed E-state index contributed by atoms with van der Waals surface area (Å²) in [5.74, 6) is 5.63. The van der Waals surface area contributed by atoms with E-state index in [0.717, 1.165) is 17.1 Å². The molecule has 0 unspecified atom stereocenters. The van der Waals surface area contributed by atoms with Gasteiger partial charge in [-0.1, -0.05) is 6.92 Å². The van der Waals surface area contributed by atoms with Crippen LogP contribution in [0.1, 0.15) is 19.0 Å². The molecule has 3 N–H and O–H groups in total. The van der Waals surface area contributed by atoms with Gasteiger partial charge >= 0.3 is 6.01 Å². The predicted octanol–water partition coefficient (Wildman–Crippen LogP) is 1.14. The van der Waals surface area contributed by atoms with Crippen LogP contribution in [0.3, 0.4) is 0 Å². The smallest absolute Gasteiger partial charge is 0.322 e. The van der Waals surface area contributed by atoms with Gasteiger partial charge in [0.2, 0.25) is 11.1 Å². The van der Waals surface area contributed by atoms with Gasteiger partial charge in [0, 0.05) is 7.05 Å². The topological polar surface area (TPSA) is 104 Å². The van der Waals surface area contributed by atoms with Crippen LogP contribution in [0.25, 0.3) is 0 Å². The number of rotatable bonds is 6. The van der Waals surface area contributed by atoms with Crippen LogP contribution in [-0.4, -0.2) is 31.3 Å². The molecule has 0 amide bonds. The Kier molecular flexibility index (Phi) is 4.74. The Morgan fingerprint density at radius 2 is 2.20 bits per heavy atom. The Morgan fingerprint density at radius 1 is 1.40 bits per heavy atom. The lowest BCUT2D eigenvalue weighted by atomic mass is 10.5. The molecule has 8 nitrogen and oxygen atoms in total. The van der Waals surface area contributed by atoms with Gasteiger partial charge < -0.3 is 4.74 Å². The second-order valence-corrected chi connectivity index (χ2v) is 5.05. The third kappa shape index (κ3) is 3.58. The molecule has 0 fully saturated rings. The zero-order valence-corrected chi connectivity index (χ0v) is 12.4. The van der Waals surface area contributed by atoms with Crippen molar-refractivity contribution in [2.24, 2.45) is 12.9 Å². The Hall–Kier alpha value is -1.87. The summed E-state index contributed by atoms with van der Waals surface area (Å²) in [5, 5.41) is 5.71. The van der Waals surface area contributed by atoms with Crippen molar-refractivity contribution in [3.05, 3.63) is 11.8 Å². The SMILES string of the molecule is CCCOc1nc(NN)nc(Sc2cc(C)nn2C)n1. The molecule has 0 atom stereocenters. The highest BCUT2D eigenvalue weighted by molar-refractivity contribution is 7.99. The molecule has 108 valence electrons. The number of nitrogens with two attached hydrogens (primary N) is 1. The van der Waals surface area contributed by atoms with Gasteiger partial charge in [-0.2, -0.15) is 20.1 Å². The summed E-state index contributed by atoms with van der Waals surface area (Å²) in [4.78, 5) is 12.5. The molecule has 0 saturated heterocycles. The van der Waals surface area contributed by atoms with Gasteiger partial charge in [-0.3, -0.25) is 10.1 Å². The maximum absolute atomic E-state index is 5.42. The highest BCUT2D eigenvalue weighted by Crippen LogP contribution is 2.26. The number of nitrogen functional groups attached to an aromatic ring is 1. The summed E-state index contributed by atoms with van der Waals surface area (Å²) < 4.78 is 7.19. The third-order valence-corrected chi connectivity index (χ3v) is 3.27. The molecule has 20 heavy (non-hydrogen) atoms. The number of ether oxygens (including phenoxy) is 1. The van der Waals surface area contributed by atoms with Gasteiger partial charge in [0.1, 0.15) is 5.03 Å². The van der Waals surface area contributed by atoms with Crippen LogP contribution in [0.4, 0.5) is 5.95 Å². The highest BCUT2D eigenvalue weighted by atomic mass is 32.2. The van der Waals surface area contributed by atoms with Crippen molar-refractivity contribution >= 4 is 17.7 Å². The minimum atomic E-state index is 0.260. The quantitative estimate of drug-likeness (QED) is 0.604. The average molecular weight is 295 g/mol. The lowest BCUT2D eigenvalue weighted by Crippen LogP contribution is -2.13. The fraction of sp³-hybridized carbons (Fsp3) is 0.455. The molecule has 0 aliphatic rings. The lowest BCUT2D eigenvalue weighted by Gasteiger charge is -2.06. The molecule has 2 aromatic rings. The van der Waals surface area contributed by atoms with Crippen LogP contribution < -0.4 is 16.0 Å². The normalized spacial score (nSPS) is 10.6. The molecule has 0 aromatic carbocycles. The van der Waals surface area contributed by atoms with Crippen molar-refractivity contribution in [1.82, 2.24) is 24.7 Å². The predicted molar refractivity (Wildman–Crippen MR) is 75.5 cm³/mol. The van der Waals surface area contributed by atoms with Crippen molar-refractivity contribution in [1.29, 1.82) is 0 Å². The fourth-order valence-electron chi connectivity index (χ4n) is 1.48. The lowest BCUT2D eigenvalue weighted by molar-refractivity contribution is 0.288. The van der Waals surface area contributed by atoms with E-state index in [0.29, 0.717) is 11.8 Å². The number of hydrogen-bond donors (Lipinski definition) is 2. The van der Waals surface area contributed by atoms with E-state index in [2.05, 4.69) is 25.5 Å². The maximum atomic E-state index is 5.42. The summed E-state index contributed by atoms with van der Waals surface area (Å²) in [6.07, 6.45) is 0.875. The van der Waals surface area contributed by atoms with Crippen LogP contribution in [-0.2, 0) is 7.05 Å². The van der Waals surface area contributed by atoms with Gasteiger partial charge in [0.15, 0.2) is 0 Å². The Bertz CT molecular complexity index is 586. The number of hydrazine groups is 1. The fourth-order valence-corrected chi connectivity index (χ4v) is 2.33. The summed E-state index contributed by atoms with van der Waals surface area (Å²) in [7, 11) is 1.87. The molecular weight excluding hydrogens is 278 g/mol. The molecule has 0 aliphatic carbocycles. The largest absolute Gasteiger partial charge is 0.463 e. The average Bonchev–Trinajstić information content (AvgIpc) is 2.74. The van der Waals surface area contributed by atoms with Gasteiger partial charge in [-0.25, -0.2) is 5.84 Å². The molecule has 2 aromatic heterocycles. The Morgan fingerprint density at radius 3 is 2.80 bits per heavy atom. The molecule has 0 spiro atoms. The number of nitrogens with one attached hydrogen (secondary N) is 1. The zero-order chi connectivity index (χ0) is 14.5. The first kappa shape index (κ1) is 14.5. The van der Waals surface area contributed by atoms with E-state index in [1.807, 2.05) is 27.0 Å². The number of anilines is 1. The molecule has 0 aliphatic heterocycles. The van der Waals surface area contributed by atoms with E-state index in [1.165, 1.54) is 11.8 Å². The first-order valence-corrected chi connectivity index (χ1v) is 6.98. The summed E-state index contributed by atoms with van der Waals surface area (Å²) in [5.41, 5.74) is 3.35. The van der Waals surface area contributed by atoms with Crippen LogP contribution in [0, 0.1) is 6.92 Å². The van der Waals surface area contributed by atoms with Gasteiger partial charge in [-0.05, 0) is 31.2 Å². The van der Waals surface area contributed by atoms with E-state index in [9.17, 15) is 0 Å². The Balaban J connectivity index is 2.23. The van der Waals surface area contributed by atoms with Crippen LogP contribution >= 0.6 is 11.8 Å². The van der Waals surface area contributed by atoms with E-state index in [4.69, 9.17) is 10.6 Å². The van der Waals surface area contributed by atoms with E-state index in [-0.39, 0.29) is 12.0 Å². The number of nitrogens with zero attached hydrogens (tertiary/aromatic N) is 5. The van der Waals surface area contributed by atoms with E-state index in [1.54, 1.807) is 4.68 Å².